The van der Waals surface area contributed by atoms with Gasteiger partial charge in [0.05, 0.1) is 14.7 Å². The van der Waals surface area contributed by atoms with Gasteiger partial charge in [-0.05, 0) is 42.0 Å². The first-order valence-corrected chi connectivity index (χ1v) is 5.23. The van der Waals surface area contributed by atoms with Crippen molar-refractivity contribution in [1.29, 1.82) is 0 Å². The Labute approximate surface area is 84.1 Å². The Bertz CT molecular complexity index is 284. The molecule has 1 unspecified atom stereocenters. The fourth-order valence-electron chi connectivity index (χ4n) is 0.791. The standard InChI is InChI=1S/C8H10BrNOS/c1-5(10-2)8(11)6-3-4-7(9)12-6/h3-5,10H,1-2H3. The van der Waals surface area contributed by atoms with Crippen LogP contribution in [0, 0.1) is 0 Å². The number of hydrogen-bond acceptors (Lipinski definition) is 3. The minimum absolute atomic E-state index is 0.101. The smallest absolute Gasteiger partial charge is 0.189 e. The molecule has 0 aliphatic rings. The highest BCUT2D eigenvalue weighted by Crippen LogP contribution is 2.22. The summed E-state index contributed by atoms with van der Waals surface area (Å²) in [6.07, 6.45) is 0. The zero-order valence-corrected chi connectivity index (χ0v) is 9.33. The third-order valence-electron chi connectivity index (χ3n) is 1.64. The summed E-state index contributed by atoms with van der Waals surface area (Å²) in [7, 11) is 1.78. The Hall–Kier alpha value is -0.190. The van der Waals surface area contributed by atoms with Crippen LogP contribution in [0.5, 0.6) is 0 Å². The normalized spacial score (nSPS) is 12.9. The van der Waals surface area contributed by atoms with E-state index in [2.05, 4.69) is 21.2 Å². The average Bonchev–Trinajstić information content (AvgIpc) is 2.49. The second kappa shape index (κ2) is 4.16. The van der Waals surface area contributed by atoms with E-state index in [1.165, 1.54) is 11.3 Å². The molecule has 0 bridgehead atoms. The minimum atomic E-state index is -0.101. The Morgan fingerprint density at radius 3 is 2.75 bits per heavy atom. The lowest BCUT2D eigenvalue weighted by Crippen LogP contribution is -2.30. The van der Waals surface area contributed by atoms with Gasteiger partial charge in [-0.3, -0.25) is 4.79 Å². The van der Waals surface area contributed by atoms with E-state index in [1.807, 2.05) is 19.1 Å². The highest BCUT2D eigenvalue weighted by molar-refractivity contribution is 9.11. The van der Waals surface area contributed by atoms with Crippen molar-refractivity contribution in [3.63, 3.8) is 0 Å². The van der Waals surface area contributed by atoms with E-state index in [9.17, 15) is 4.79 Å². The molecule has 0 fully saturated rings. The van der Waals surface area contributed by atoms with Crippen molar-refractivity contribution in [2.45, 2.75) is 13.0 Å². The molecule has 2 nitrogen and oxygen atoms in total. The van der Waals surface area contributed by atoms with Gasteiger partial charge in [-0.1, -0.05) is 0 Å². The van der Waals surface area contributed by atoms with Crippen molar-refractivity contribution in [3.05, 3.63) is 20.8 Å². The van der Waals surface area contributed by atoms with Crippen molar-refractivity contribution in [1.82, 2.24) is 5.32 Å². The molecule has 1 atom stereocenters. The second-order valence-corrected chi connectivity index (χ2v) is 4.94. The van der Waals surface area contributed by atoms with Crippen LogP contribution in [0.2, 0.25) is 0 Å². The van der Waals surface area contributed by atoms with Gasteiger partial charge < -0.3 is 5.32 Å². The van der Waals surface area contributed by atoms with Crippen LogP contribution in [0.1, 0.15) is 16.6 Å². The lowest BCUT2D eigenvalue weighted by atomic mass is 10.2. The summed E-state index contributed by atoms with van der Waals surface area (Å²) in [6.45, 7) is 1.86. The molecule has 4 heteroatoms. The predicted molar refractivity (Wildman–Crippen MR) is 54.9 cm³/mol. The van der Waals surface area contributed by atoms with Gasteiger partial charge in [-0.25, -0.2) is 0 Å². The van der Waals surface area contributed by atoms with Crippen LogP contribution in [0.25, 0.3) is 0 Å². The molecule has 12 heavy (non-hydrogen) atoms. The van der Waals surface area contributed by atoms with Gasteiger partial charge in [0, 0.05) is 0 Å². The van der Waals surface area contributed by atoms with Gasteiger partial charge in [-0.15, -0.1) is 11.3 Å². The largest absolute Gasteiger partial charge is 0.310 e. The van der Waals surface area contributed by atoms with Crippen LogP contribution in [-0.4, -0.2) is 18.9 Å². The van der Waals surface area contributed by atoms with Gasteiger partial charge in [0.15, 0.2) is 5.78 Å². The van der Waals surface area contributed by atoms with Crippen molar-refractivity contribution < 1.29 is 4.79 Å². The Kier molecular flexibility index (Phi) is 3.43. The molecular weight excluding hydrogens is 238 g/mol. The van der Waals surface area contributed by atoms with Gasteiger partial charge in [-0.2, -0.15) is 0 Å². The summed E-state index contributed by atoms with van der Waals surface area (Å²) >= 11 is 4.78. The van der Waals surface area contributed by atoms with E-state index in [1.54, 1.807) is 7.05 Å². The third-order valence-corrected chi connectivity index (χ3v) is 3.28. The highest BCUT2D eigenvalue weighted by atomic mass is 79.9. The summed E-state index contributed by atoms with van der Waals surface area (Å²) in [5.41, 5.74) is 0. The highest BCUT2D eigenvalue weighted by Gasteiger charge is 2.14. The first-order chi connectivity index (χ1) is 5.65. The van der Waals surface area contributed by atoms with Gasteiger partial charge in [0.25, 0.3) is 0 Å². The lowest BCUT2D eigenvalue weighted by Gasteiger charge is -2.05. The van der Waals surface area contributed by atoms with Gasteiger partial charge in [0.1, 0.15) is 0 Å². The van der Waals surface area contributed by atoms with E-state index < -0.39 is 0 Å². The number of Topliss-reactive ketones (excluding diaryl/α,β-unsaturated/α-hetero) is 1. The summed E-state index contributed by atoms with van der Waals surface area (Å²) < 4.78 is 0.995. The van der Waals surface area contributed by atoms with E-state index in [0.717, 1.165) is 8.66 Å². The van der Waals surface area contributed by atoms with Crippen molar-refractivity contribution in [2.75, 3.05) is 7.05 Å². The monoisotopic (exact) mass is 247 g/mol. The molecule has 1 heterocycles. The van der Waals surface area contributed by atoms with Crippen LogP contribution >= 0.6 is 27.3 Å². The number of halogens is 1. The predicted octanol–water partition coefficient (Wildman–Crippen LogP) is 2.30. The number of hydrogen-bond donors (Lipinski definition) is 1. The van der Waals surface area contributed by atoms with E-state index >= 15 is 0 Å². The molecule has 1 aromatic heterocycles. The Morgan fingerprint density at radius 2 is 2.33 bits per heavy atom. The fraction of sp³-hybridized carbons (Fsp3) is 0.375. The molecule has 1 aromatic rings. The molecule has 0 aliphatic carbocycles. The Balaban J connectivity index is 2.78. The number of ketones is 1. The van der Waals surface area contributed by atoms with Crippen LogP contribution < -0.4 is 5.32 Å². The molecule has 0 amide bonds. The van der Waals surface area contributed by atoms with Crippen LogP contribution in [-0.2, 0) is 0 Å². The Morgan fingerprint density at radius 1 is 1.67 bits per heavy atom. The molecule has 1 rings (SSSR count). The molecule has 0 saturated carbocycles. The minimum Gasteiger partial charge on any atom is -0.310 e. The molecule has 0 saturated heterocycles. The lowest BCUT2D eigenvalue weighted by molar-refractivity contribution is 0.0959. The second-order valence-electron chi connectivity index (χ2n) is 2.48. The van der Waals surface area contributed by atoms with Gasteiger partial charge in [0.2, 0.25) is 0 Å². The summed E-state index contributed by atoms with van der Waals surface area (Å²) in [5.74, 6) is 0.146. The van der Waals surface area contributed by atoms with Crippen LogP contribution in [0.4, 0.5) is 0 Å². The van der Waals surface area contributed by atoms with Crippen LogP contribution in [0.3, 0.4) is 0 Å². The molecule has 66 valence electrons. The summed E-state index contributed by atoms with van der Waals surface area (Å²) in [5, 5.41) is 2.91. The maximum atomic E-state index is 11.5. The summed E-state index contributed by atoms with van der Waals surface area (Å²) in [6, 6.07) is 3.63. The number of carbonyl (C=O) groups is 1. The molecule has 1 N–H and O–H groups in total. The SMILES string of the molecule is CNC(C)C(=O)c1ccc(Br)s1. The number of thiophene rings is 1. The number of likely N-dealkylation sites (N-methyl/N-ethyl adjacent to an activating group) is 1. The molecular formula is C8H10BrNOS. The maximum absolute atomic E-state index is 11.5. The maximum Gasteiger partial charge on any atom is 0.189 e. The number of rotatable bonds is 3. The van der Waals surface area contributed by atoms with Crippen molar-refractivity contribution >= 4 is 33.0 Å². The van der Waals surface area contributed by atoms with E-state index in [-0.39, 0.29) is 11.8 Å². The fourth-order valence-corrected chi connectivity index (χ4v) is 2.21. The van der Waals surface area contributed by atoms with E-state index in [0.29, 0.717) is 0 Å². The summed E-state index contributed by atoms with van der Waals surface area (Å²) in [4.78, 5) is 12.3. The first kappa shape index (κ1) is 9.89. The third kappa shape index (κ3) is 2.15. The quantitative estimate of drug-likeness (QED) is 0.831. The topological polar surface area (TPSA) is 29.1 Å². The molecule has 0 spiro atoms. The number of nitrogens with one attached hydrogen (secondary N) is 1. The van der Waals surface area contributed by atoms with Crippen molar-refractivity contribution in [3.8, 4) is 0 Å². The van der Waals surface area contributed by atoms with Crippen molar-refractivity contribution in [2.24, 2.45) is 0 Å². The zero-order chi connectivity index (χ0) is 9.14. The van der Waals surface area contributed by atoms with Gasteiger partial charge >= 0.3 is 0 Å². The molecule has 0 aliphatic heterocycles. The zero-order valence-electron chi connectivity index (χ0n) is 6.93. The molecule has 0 radical (unpaired) electrons. The van der Waals surface area contributed by atoms with Crippen LogP contribution in [0.15, 0.2) is 15.9 Å². The molecule has 0 aromatic carbocycles. The average molecular weight is 248 g/mol. The first-order valence-electron chi connectivity index (χ1n) is 3.62. The number of carbonyl (C=O) groups excluding carboxylic acids is 1. The van der Waals surface area contributed by atoms with E-state index in [4.69, 9.17) is 0 Å².